The van der Waals surface area contributed by atoms with E-state index < -0.39 is 0 Å². The number of fused-ring (bicyclic) bond motifs is 1. The number of hydrogen-bond acceptors (Lipinski definition) is 6. The zero-order valence-corrected chi connectivity index (χ0v) is 15.9. The number of rotatable bonds is 3. The lowest BCUT2D eigenvalue weighted by Gasteiger charge is -2.27. The first-order chi connectivity index (χ1) is 13.5. The lowest BCUT2D eigenvalue weighted by Crippen LogP contribution is -2.45. The average Bonchev–Trinajstić information content (AvgIpc) is 3.32. The molecule has 0 aliphatic carbocycles. The minimum absolute atomic E-state index is 0.231. The van der Waals surface area contributed by atoms with E-state index in [2.05, 4.69) is 10.1 Å². The molecule has 0 spiro atoms. The predicted molar refractivity (Wildman–Crippen MR) is 101 cm³/mol. The Hall–Kier alpha value is -3.42. The van der Waals surface area contributed by atoms with E-state index in [1.54, 1.807) is 27.0 Å². The molecular formula is C20H20N4O4. The number of hydrogen-bond donors (Lipinski definition) is 0. The van der Waals surface area contributed by atoms with Crippen molar-refractivity contribution in [3.8, 4) is 5.75 Å². The molecule has 1 aliphatic heterocycles. The molecule has 1 fully saturated rings. The maximum Gasteiger partial charge on any atom is 0.291 e. The largest absolute Gasteiger partial charge is 0.496 e. The van der Waals surface area contributed by atoms with Gasteiger partial charge < -0.3 is 9.26 Å². The van der Waals surface area contributed by atoms with Crippen LogP contribution in [-0.2, 0) is 0 Å². The van der Waals surface area contributed by atoms with Crippen LogP contribution in [0.5, 0.6) is 5.75 Å². The van der Waals surface area contributed by atoms with Crippen LogP contribution >= 0.6 is 0 Å². The summed E-state index contributed by atoms with van der Waals surface area (Å²) in [6.07, 6.45) is 0.686. The van der Waals surface area contributed by atoms with E-state index in [0.29, 0.717) is 47.8 Å². The van der Waals surface area contributed by atoms with Crippen LogP contribution in [0.3, 0.4) is 0 Å². The highest BCUT2D eigenvalue weighted by atomic mass is 16.5. The highest BCUT2D eigenvalue weighted by Crippen LogP contribution is 2.27. The summed E-state index contributed by atoms with van der Waals surface area (Å²) < 4.78 is 10.5. The van der Waals surface area contributed by atoms with Gasteiger partial charge in [-0.2, -0.15) is 0 Å². The van der Waals surface area contributed by atoms with Gasteiger partial charge in [-0.3, -0.25) is 9.59 Å². The maximum absolute atomic E-state index is 13.2. The molecule has 28 heavy (non-hydrogen) atoms. The van der Waals surface area contributed by atoms with Gasteiger partial charge in [-0.25, -0.2) is 15.0 Å². The molecule has 4 rings (SSSR count). The third kappa shape index (κ3) is 2.87. The second-order valence-corrected chi connectivity index (χ2v) is 6.64. The Labute approximate surface area is 161 Å². The van der Waals surface area contributed by atoms with Crippen LogP contribution in [0, 0.1) is 13.8 Å². The Morgan fingerprint density at radius 3 is 2.50 bits per heavy atom. The van der Waals surface area contributed by atoms with Gasteiger partial charge in [0.15, 0.2) is 0 Å². The molecule has 1 aliphatic rings. The smallest absolute Gasteiger partial charge is 0.291 e. The number of nitrogens with zero attached hydrogens (tertiary/aromatic N) is 4. The molecule has 0 unspecified atom stereocenters. The van der Waals surface area contributed by atoms with Crippen molar-refractivity contribution in [2.75, 3.05) is 20.2 Å². The van der Waals surface area contributed by atoms with E-state index in [4.69, 9.17) is 9.26 Å². The lowest BCUT2D eigenvalue weighted by atomic mass is 10.1. The molecule has 0 N–H and O–H groups in total. The van der Waals surface area contributed by atoms with Crippen molar-refractivity contribution in [2.45, 2.75) is 20.3 Å². The van der Waals surface area contributed by atoms with Crippen molar-refractivity contribution in [3.63, 3.8) is 0 Å². The molecular weight excluding hydrogens is 360 g/mol. The topological polar surface area (TPSA) is 88.8 Å². The second-order valence-electron chi connectivity index (χ2n) is 6.64. The predicted octanol–water partition coefficient (Wildman–Crippen LogP) is 2.75. The number of carbonyl (C=O) groups excluding carboxylic acids is 2. The van der Waals surface area contributed by atoms with Gasteiger partial charge in [-0.05, 0) is 32.4 Å². The van der Waals surface area contributed by atoms with Crippen LogP contribution in [-0.4, -0.2) is 52.2 Å². The SMILES string of the molecule is COc1cc(C(=O)N2CCCN2C(=O)c2c(C)noc2C)nc2ccccc12. The number of hydrazine groups is 1. The zero-order chi connectivity index (χ0) is 19.8. The van der Waals surface area contributed by atoms with Crippen molar-refractivity contribution >= 4 is 22.7 Å². The number of amides is 2. The maximum atomic E-state index is 13.2. The van der Waals surface area contributed by atoms with E-state index >= 15 is 0 Å². The fourth-order valence-electron chi connectivity index (χ4n) is 3.51. The van der Waals surface area contributed by atoms with E-state index in [1.807, 2.05) is 24.3 Å². The molecule has 8 heteroatoms. The first-order valence-electron chi connectivity index (χ1n) is 9.01. The van der Waals surface area contributed by atoms with Crippen molar-refractivity contribution < 1.29 is 18.8 Å². The minimum atomic E-state index is -0.346. The Morgan fingerprint density at radius 1 is 1.11 bits per heavy atom. The summed E-state index contributed by atoms with van der Waals surface area (Å²) in [5.74, 6) is 0.362. The van der Waals surface area contributed by atoms with Gasteiger partial charge in [-0.15, -0.1) is 0 Å². The first kappa shape index (κ1) is 18.0. The van der Waals surface area contributed by atoms with Crippen LogP contribution < -0.4 is 4.74 Å². The number of aromatic nitrogens is 2. The number of aryl methyl sites for hydroxylation is 2. The van der Waals surface area contributed by atoms with Crippen molar-refractivity contribution in [3.05, 3.63) is 53.0 Å². The van der Waals surface area contributed by atoms with Gasteiger partial charge in [0.25, 0.3) is 11.8 Å². The van der Waals surface area contributed by atoms with Crippen LogP contribution in [0.4, 0.5) is 0 Å². The van der Waals surface area contributed by atoms with E-state index in [0.717, 1.165) is 5.39 Å². The Balaban J connectivity index is 1.69. The summed E-state index contributed by atoms with van der Waals surface area (Å²) in [5, 5.41) is 7.54. The highest BCUT2D eigenvalue weighted by Gasteiger charge is 2.35. The van der Waals surface area contributed by atoms with Crippen molar-refractivity contribution in [1.29, 1.82) is 0 Å². The molecule has 2 amide bonds. The van der Waals surface area contributed by atoms with Crippen LogP contribution in [0.1, 0.15) is 38.7 Å². The Morgan fingerprint density at radius 2 is 1.82 bits per heavy atom. The summed E-state index contributed by atoms with van der Waals surface area (Å²) in [6, 6.07) is 9.07. The Bertz CT molecular complexity index is 1060. The number of carbonyl (C=O) groups is 2. The summed E-state index contributed by atoms with van der Waals surface area (Å²) in [4.78, 5) is 30.7. The molecule has 3 heterocycles. The second kappa shape index (κ2) is 6.95. The standard InChI is InChI=1S/C20H20N4O4/c1-12-18(13(2)28-22-12)20(26)24-10-6-9-23(24)19(25)16-11-17(27-3)14-7-4-5-8-15(14)21-16/h4-5,7-8,11H,6,9-10H2,1-3H3. The quantitative estimate of drug-likeness (QED) is 0.694. The summed E-state index contributed by atoms with van der Waals surface area (Å²) >= 11 is 0. The third-order valence-corrected chi connectivity index (χ3v) is 4.86. The normalized spacial score (nSPS) is 14.0. The van der Waals surface area contributed by atoms with E-state index in [9.17, 15) is 9.59 Å². The zero-order valence-electron chi connectivity index (χ0n) is 15.9. The first-order valence-corrected chi connectivity index (χ1v) is 9.01. The number of methoxy groups -OCH3 is 1. The van der Waals surface area contributed by atoms with Gasteiger partial charge in [0, 0.05) is 24.5 Å². The van der Waals surface area contributed by atoms with Gasteiger partial charge in [0.05, 0.1) is 18.3 Å². The summed E-state index contributed by atoms with van der Waals surface area (Å²) in [6.45, 7) is 4.27. The number of ether oxygens (including phenoxy) is 1. The molecule has 0 saturated carbocycles. The minimum Gasteiger partial charge on any atom is -0.496 e. The third-order valence-electron chi connectivity index (χ3n) is 4.86. The monoisotopic (exact) mass is 380 g/mol. The molecule has 1 aromatic carbocycles. The molecule has 8 nitrogen and oxygen atoms in total. The molecule has 0 radical (unpaired) electrons. The van der Waals surface area contributed by atoms with Gasteiger partial charge in [-0.1, -0.05) is 17.3 Å². The summed E-state index contributed by atoms with van der Waals surface area (Å²) in [5.41, 5.74) is 1.79. The fourth-order valence-corrected chi connectivity index (χ4v) is 3.51. The van der Waals surface area contributed by atoms with Gasteiger partial charge >= 0.3 is 0 Å². The average molecular weight is 380 g/mol. The Kier molecular flexibility index (Phi) is 4.46. The number of pyridine rings is 1. The fraction of sp³-hybridized carbons (Fsp3) is 0.300. The van der Waals surface area contributed by atoms with E-state index in [1.165, 1.54) is 10.0 Å². The van der Waals surface area contributed by atoms with Gasteiger partial charge in [0.2, 0.25) is 0 Å². The summed E-state index contributed by atoms with van der Waals surface area (Å²) in [7, 11) is 1.55. The van der Waals surface area contributed by atoms with E-state index in [-0.39, 0.29) is 17.5 Å². The molecule has 0 atom stereocenters. The van der Waals surface area contributed by atoms with Crippen LogP contribution in [0.25, 0.3) is 10.9 Å². The number of para-hydroxylation sites is 1. The molecule has 2 aromatic heterocycles. The molecule has 0 bridgehead atoms. The lowest BCUT2D eigenvalue weighted by molar-refractivity contribution is 0.0181. The van der Waals surface area contributed by atoms with Crippen molar-refractivity contribution in [1.82, 2.24) is 20.2 Å². The van der Waals surface area contributed by atoms with Crippen LogP contribution in [0.2, 0.25) is 0 Å². The highest BCUT2D eigenvalue weighted by molar-refractivity contribution is 6.01. The molecule has 1 saturated heterocycles. The van der Waals surface area contributed by atoms with Crippen LogP contribution in [0.15, 0.2) is 34.9 Å². The molecule has 3 aromatic rings. The number of benzene rings is 1. The molecule has 144 valence electrons. The van der Waals surface area contributed by atoms with Gasteiger partial charge in [0.1, 0.15) is 22.8 Å². The van der Waals surface area contributed by atoms with Crippen molar-refractivity contribution in [2.24, 2.45) is 0 Å².